The molecule has 19 heavy (non-hydrogen) atoms. The second-order valence-corrected chi connectivity index (χ2v) is 6.61. The minimum absolute atomic E-state index is 0.0977. The van der Waals surface area contributed by atoms with E-state index in [1.165, 1.54) is 20.0 Å². The van der Waals surface area contributed by atoms with E-state index in [4.69, 9.17) is 5.14 Å². The Hall–Kier alpha value is -0.620. The molecule has 0 unspecified atom stereocenters. The summed E-state index contributed by atoms with van der Waals surface area (Å²) in [5, 5.41) is 4.92. The predicted octanol–water partition coefficient (Wildman–Crippen LogP) is 2.35. The number of methoxy groups -OCH3 is 1. The maximum absolute atomic E-state index is 10.8. The van der Waals surface area contributed by atoms with Crippen LogP contribution in [0.25, 0.3) is 0 Å². The van der Waals surface area contributed by atoms with Crippen LogP contribution in [0.15, 0.2) is 0 Å². The highest BCUT2D eigenvalue weighted by Gasteiger charge is 2.01. The van der Waals surface area contributed by atoms with E-state index >= 15 is 0 Å². The lowest BCUT2D eigenvalue weighted by Crippen LogP contribution is -2.16. The molecule has 0 aliphatic heterocycles. The molecule has 0 fully saturated rings. The van der Waals surface area contributed by atoms with Gasteiger partial charge in [-0.25, -0.2) is 13.6 Å². The molecule has 114 valence electrons. The molecule has 2 N–H and O–H groups in total. The van der Waals surface area contributed by atoms with Crippen LogP contribution in [-0.4, -0.2) is 27.2 Å². The molecule has 5 nitrogen and oxygen atoms in total. The topological polar surface area (TPSA) is 86.5 Å². The summed E-state index contributed by atoms with van der Waals surface area (Å²) >= 11 is 0. The number of ether oxygens (including phenoxy) is 1. The number of carbonyl (C=O) groups excluding carboxylic acids is 1. The third kappa shape index (κ3) is 15.3. The molecule has 0 aliphatic rings. The third-order valence-corrected chi connectivity index (χ3v) is 3.90. The summed E-state index contributed by atoms with van der Waals surface area (Å²) in [6.45, 7) is 0. The van der Waals surface area contributed by atoms with Crippen molar-refractivity contribution >= 4 is 16.0 Å². The van der Waals surface area contributed by atoms with E-state index in [1.54, 1.807) is 0 Å². The SMILES string of the molecule is COC(=O)CCCCCCCCCCCS(N)(=O)=O. The maximum Gasteiger partial charge on any atom is 0.305 e. The van der Waals surface area contributed by atoms with E-state index in [9.17, 15) is 13.2 Å². The Kier molecular flexibility index (Phi) is 10.9. The van der Waals surface area contributed by atoms with E-state index in [2.05, 4.69) is 4.74 Å². The first-order valence-electron chi connectivity index (χ1n) is 7.03. The predicted molar refractivity (Wildman–Crippen MR) is 76.2 cm³/mol. The Morgan fingerprint density at radius 3 is 1.74 bits per heavy atom. The van der Waals surface area contributed by atoms with Crippen molar-refractivity contribution in [2.24, 2.45) is 5.14 Å². The van der Waals surface area contributed by atoms with Crippen LogP contribution in [0.5, 0.6) is 0 Å². The average Bonchev–Trinajstić information content (AvgIpc) is 2.34. The summed E-state index contributed by atoms with van der Waals surface area (Å²) in [7, 11) is -1.86. The van der Waals surface area contributed by atoms with Crippen LogP contribution in [0, 0.1) is 0 Å². The van der Waals surface area contributed by atoms with Crippen molar-refractivity contribution in [1.29, 1.82) is 0 Å². The molecular formula is C13H27NO4S. The standard InChI is InChI=1S/C13H27NO4S/c1-18-13(15)11-9-7-5-3-2-4-6-8-10-12-19(14,16)17/h2-12H2,1H3,(H2,14,16,17). The van der Waals surface area contributed by atoms with Crippen LogP contribution in [-0.2, 0) is 19.6 Å². The fraction of sp³-hybridized carbons (Fsp3) is 0.923. The molecule has 0 radical (unpaired) electrons. The van der Waals surface area contributed by atoms with Crippen molar-refractivity contribution < 1.29 is 17.9 Å². The highest BCUT2D eigenvalue weighted by molar-refractivity contribution is 7.89. The van der Waals surface area contributed by atoms with Gasteiger partial charge in [-0.15, -0.1) is 0 Å². The van der Waals surface area contributed by atoms with E-state index in [-0.39, 0.29) is 11.7 Å². The second kappa shape index (κ2) is 11.2. The lowest BCUT2D eigenvalue weighted by molar-refractivity contribution is -0.140. The van der Waals surface area contributed by atoms with Gasteiger partial charge in [0.05, 0.1) is 12.9 Å². The molecule has 0 aliphatic carbocycles. The van der Waals surface area contributed by atoms with Crippen molar-refractivity contribution in [3.8, 4) is 0 Å². The fourth-order valence-electron chi connectivity index (χ4n) is 1.91. The minimum Gasteiger partial charge on any atom is -0.469 e. The van der Waals surface area contributed by atoms with Crippen molar-refractivity contribution in [1.82, 2.24) is 0 Å². The molecule has 0 aromatic carbocycles. The molecule has 0 saturated carbocycles. The maximum atomic E-state index is 10.8. The summed E-state index contributed by atoms with van der Waals surface area (Å²) in [6, 6.07) is 0. The molecule has 0 aromatic heterocycles. The van der Waals surface area contributed by atoms with Crippen molar-refractivity contribution in [3.05, 3.63) is 0 Å². The molecule has 0 rings (SSSR count). The first-order valence-corrected chi connectivity index (χ1v) is 8.74. The Bertz CT molecular complexity index is 328. The number of esters is 1. The molecule has 6 heteroatoms. The number of nitrogens with two attached hydrogens (primary N) is 1. The van der Waals surface area contributed by atoms with Gasteiger partial charge in [0.2, 0.25) is 10.0 Å². The zero-order valence-corrected chi connectivity index (χ0v) is 12.7. The normalized spacial score (nSPS) is 11.5. The summed E-state index contributed by atoms with van der Waals surface area (Å²) in [5.74, 6) is -0.0320. The van der Waals surface area contributed by atoms with Gasteiger partial charge >= 0.3 is 5.97 Å². The van der Waals surface area contributed by atoms with Crippen molar-refractivity contribution in [2.75, 3.05) is 12.9 Å². The van der Waals surface area contributed by atoms with E-state index < -0.39 is 10.0 Å². The summed E-state index contributed by atoms with van der Waals surface area (Å²) in [4.78, 5) is 10.8. The Morgan fingerprint density at radius 2 is 1.32 bits per heavy atom. The minimum atomic E-state index is -3.28. The van der Waals surface area contributed by atoms with E-state index in [0.29, 0.717) is 12.8 Å². The van der Waals surface area contributed by atoms with Crippen molar-refractivity contribution in [2.45, 2.75) is 64.2 Å². The van der Waals surface area contributed by atoms with Gasteiger partial charge in [-0.3, -0.25) is 4.79 Å². The first kappa shape index (κ1) is 18.4. The van der Waals surface area contributed by atoms with Gasteiger partial charge in [0.15, 0.2) is 0 Å². The highest BCUT2D eigenvalue weighted by atomic mass is 32.2. The van der Waals surface area contributed by atoms with Crippen LogP contribution in [0.1, 0.15) is 64.2 Å². The second-order valence-electron chi connectivity index (χ2n) is 4.88. The number of sulfonamides is 1. The summed E-state index contributed by atoms with van der Waals surface area (Å²) in [6.07, 6.45) is 9.79. The Morgan fingerprint density at radius 1 is 0.895 bits per heavy atom. The first-order chi connectivity index (χ1) is 8.95. The quantitative estimate of drug-likeness (QED) is 0.442. The molecule has 0 heterocycles. The molecule has 0 aromatic rings. The fourth-order valence-corrected chi connectivity index (χ4v) is 2.52. The number of unbranched alkanes of at least 4 members (excludes halogenated alkanes) is 8. The largest absolute Gasteiger partial charge is 0.469 e. The molecule has 0 saturated heterocycles. The lowest BCUT2D eigenvalue weighted by Gasteiger charge is -2.02. The van der Waals surface area contributed by atoms with Crippen LogP contribution in [0.4, 0.5) is 0 Å². The third-order valence-electron chi connectivity index (χ3n) is 3.04. The summed E-state index contributed by atoms with van der Waals surface area (Å²) < 4.78 is 25.9. The zero-order valence-electron chi connectivity index (χ0n) is 11.9. The molecular weight excluding hydrogens is 266 g/mol. The number of carbonyl (C=O) groups is 1. The Balaban J connectivity index is 3.13. The van der Waals surface area contributed by atoms with E-state index in [1.807, 2.05) is 0 Å². The number of primary sulfonamides is 1. The number of hydrogen-bond acceptors (Lipinski definition) is 4. The van der Waals surface area contributed by atoms with Gasteiger partial charge in [0, 0.05) is 6.42 Å². The monoisotopic (exact) mass is 293 g/mol. The highest BCUT2D eigenvalue weighted by Crippen LogP contribution is 2.11. The van der Waals surface area contributed by atoms with Gasteiger partial charge in [-0.05, 0) is 12.8 Å². The zero-order chi connectivity index (χ0) is 14.6. The van der Waals surface area contributed by atoms with E-state index in [0.717, 1.165) is 38.5 Å². The Labute approximate surface area is 116 Å². The van der Waals surface area contributed by atoms with Gasteiger partial charge in [0.25, 0.3) is 0 Å². The number of hydrogen-bond donors (Lipinski definition) is 1. The van der Waals surface area contributed by atoms with Gasteiger partial charge in [-0.2, -0.15) is 0 Å². The smallest absolute Gasteiger partial charge is 0.305 e. The van der Waals surface area contributed by atoms with Crippen LogP contribution < -0.4 is 5.14 Å². The van der Waals surface area contributed by atoms with Gasteiger partial charge in [-0.1, -0.05) is 44.9 Å². The van der Waals surface area contributed by atoms with Crippen LogP contribution >= 0.6 is 0 Å². The summed E-state index contributed by atoms with van der Waals surface area (Å²) in [5.41, 5.74) is 0. The van der Waals surface area contributed by atoms with Gasteiger partial charge in [0.1, 0.15) is 0 Å². The van der Waals surface area contributed by atoms with Gasteiger partial charge < -0.3 is 4.74 Å². The van der Waals surface area contributed by atoms with Crippen molar-refractivity contribution in [3.63, 3.8) is 0 Å². The average molecular weight is 293 g/mol. The van der Waals surface area contributed by atoms with Crippen LogP contribution in [0.2, 0.25) is 0 Å². The molecule has 0 bridgehead atoms. The lowest BCUT2D eigenvalue weighted by atomic mass is 10.1. The molecule has 0 atom stereocenters. The molecule has 0 amide bonds. The number of rotatable bonds is 12. The van der Waals surface area contributed by atoms with Crippen LogP contribution in [0.3, 0.4) is 0 Å². The molecule has 0 spiro atoms.